The lowest BCUT2D eigenvalue weighted by Gasteiger charge is -2.41. The van der Waals surface area contributed by atoms with E-state index in [1.54, 1.807) is 24.5 Å². The molecule has 1 atom stereocenters. The van der Waals surface area contributed by atoms with Crippen molar-refractivity contribution in [2.45, 2.75) is 72.4 Å². The van der Waals surface area contributed by atoms with E-state index in [0.29, 0.717) is 19.0 Å². The summed E-state index contributed by atoms with van der Waals surface area (Å²) in [5, 5.41) is 0. The van der Waals surface area contributed by atoms with Gasteiger partial charge in [0.1, 0.15) is 23.6 Å². The number of rotatable bonds is 5. The summed E-state index contributed by atoms with van der Waals surface area (Å²) in [4.78, 5) is 25.9. The molecule has 1 saturated heterocycles. The summed E-state index contributed by atoms with van der Waals surface area (Å²) >= 11 is 0. The number of ether oxygens (including phenoxy) is 1. The molecular weight excluding hydrogens is 467 g/mol. The standard InChI is InChI=1S/C22H34N4O2.C8H7F/c1-7-17(16-9-10-16)19-18(8-2)23-14-24-20(19)26-12-11-25(13-15(26)3)21(27)28-22(4,5)6;1-2-7-3-5-8(9)6-4-7/h7,14-16H,8-13H2,1-6H3;2-6H,1H2/b17-7-;/t15-;/m0./s1. The van der Waals surface area contributed by atoms with Crippen LogP contribution in [0.4, 0.5) is 15.0 Å². The Morgan fingerprint density at radius 2 is 1.86 bits per heavy atom. The van der Waals surface area contributed by atoms with E-state index in [0.717, 1.165) is 30.0 Å². The molecule has 1 amide bonds. The summed E-state index contributed by atoms with van der Waals surface area (Å²) in [6.07, 6.45) is 8.76. The number of piperazine rings is 1. The number of anilines is 1. The Kier molecular flexibility index (Phi) is 9.46. The molecule has 0 spiro atoms. The van der Waals surface area contributed by atoms with Gasteiger partial charge in [0.15, 0.2) is 0 Å². The van der Waals surface area contributed by atoms with E-state index in [2.05, 4.69) is 43.3 Å². The second-order valence-electron chi connectivity index (χ2n) is 10.6. The van der Waals surface area contributed by atoms with Crippen LogP contribution in [0.3, 0.4) is 0 Å². The minimum absolute atomic E-state index is 0.164. The highest BCUT2D eigenvalue weighted by atomic mass is 19.1. The van der Waals surface area contributed by atoms with Gasteiger partial charge >= 0.3 is 6.09 Å². The van der Waals surface area contributed by atoms with Crippen molar-refractivity contribution in [2.24, 2.45) is 5.92 Å². The van der Waals surface area contributed by atoms with Gasteiger partial charge in [-0.2, -0.15) is 0 Å². The highest BCUT2D eigenvalue weighted by Crippen LogP contribution is 2.45. The van der Waals surface area contributed by atoms with Crippen LogP contribution in [0.2, 0.25) is 0 Å². The fourth-order valence-electron chi connectivity index (χ4n) is 4.53. The van der Waals surface area contributed by atoms with E-state index in [-0.39, 0.29) is 18.0 Å². The Morgan fingerprint density at radius 3 is 2.38 bits per heavy atom. The van der Waals surface area contributed by atoms with Gasteiger partial charge in [-0.1, -0.05) is 37.8 Å². The number of allylic oxidation sites excluding steroid dienone is 2. The smallest absolute Gasteiger partial charge is 0.410 e. The van der Waals surface area contributed by atoms with Gasteiger partial charge in [-0.05, 0) is 83.1 Å². The number of hydrogen-bond acceptors (Lipinski definition) is 5. The molecule has 1 aliphatic carbocycles. The first kappa shape index (κ1) is 28.4. The highest BCUT2D eigenvalue weighted by Gasteiger charge is 2.35. The summed E-state index contributed by atoms with van der Waals surface area (Å²) in [5.74, 6) is 1.45. The van der Waals surface area contributed by atoms with Crippen LogP contribution in [-0.2, 0) is 11.2 Å². The fourth-order valence-corrected chi connectivity index (χ4v) is 4.53. The highest BCUT2D eigenvalue weighted by molar-refractivity contribution is 5.79. The van der Waals surface area contributed by atoms with Gasteiger partial charge in [0.25, 0.3) is 0 Å². The van der Waals surface area contributed by atoms with Gasteiger partial charge < -0.3 is 14.5 Å². The normalized spacial score (nSPS) is 18.1. The number of aromatic nitrogens is 2. The van der Waals surface area contributed by atoms with E-state index in [4.69, 9.17) is 9.72 Å². The number of benzene rings is 1. The van der Waals surface area contributed by atoms with Gasteiger partial charge in [0.05, 0.1) is 5.69 Å². The van der Waals surface area contributed by atoms with Crippen molar-refractivity contribution in [2.75, 3.05) is 24.5 Å². The minimum atomic E-state index is -0.474. The molecule has 0 radical (unpaired) electrons. The molecule has 0 N–H and O–H groups in total. The first-order chi connectivity index (χ1) is 17.6. The first-order valence-corrected chi connectivity index (χ1v) is 13.2. The summed E-state index contributed by atoms with van der Waals surface area (Å²) in [6, 6.07) is 6.36. The Balaban J connectivity index is 0.000000356. The summed E-state index contributed by atoms with van der Waals surface area (Å²) in [5.41, 5.74) is 4.18. The SMILES string of the molecule is C/C=C(\c1c(CC)ncnc1N1CCN(C(=O)OC(C)(C)C)C[C@@H]1C)C1CC1.C=Cc1ccc(F)cc1. The van der Waals surface area contributed by atoms with Crippen molar-refractivity contribution < 1.29 is 13.9 Å². The fraction of sp³-hybridized carbons (Fsp3) is 0.500. The average molecular weight is 509 g/mol. The van der Waals surface area contributed by atoms with Crippen molar-refractivity contribution in [3.63, 3.8) is 0 Å². The molecule has 1 aromatic heterocycles. The van der Waals surface area contributed by atoms with E-state index in [1.807, 2.05) is 25.7 Å². The van der Waals surface area contributed by atoms with E-state index in [1.165, 1.54) is 36.1 Å². The van der Waals surface area contributed by atoms with Crippen LogP contribution < -0.4 is 4.90 Å². The van der Waals surface area contributed by atoms with E-state index in [9.17, 15) is 9.18 Å². The van der Waals surface area contributed by atoms with Crippen LogP contribution in [0.5, 0.6) is 0 Å². The molecule has 1 saturated carbocycles. The zero-order valence-electron chi connectivity index (χ0n) is 23.1. The van der Waals surface area contributed by atoms with Crippen molar-refractivity contribution in [1.82, 2.24) is 14.9 Å². The summed E-state index contributed by atoms with van der Waals surface area (Å²) in [6.45, 7) is 17.7. The van der Waals surface area contributed by atoms with Crippen LogP contribution in [0.25, 0.3) is 11.6 Å². The number of amides is 1. The molecule has 0 unspecified atom stereocenters. The predicted molar refractivity (Wildman–Crippen MR) is 149 cm³/mol. The summed E-state index contributed by atoms with van der Waals surface area (Å²) < 4.78 is 17.7. The van der Waals surface area contributed by atoms with Gasteiger partial charge in [-0.3, -0.25) is 0 Å². The maximum atomic E-state index is 12.5. The van der Waals surface area contributed by atoms with E-state index >= 15 is 0 Å². The number of halogens is 1. The molecule has 6 nitrogen and oxygen atoms in total. The molecule has 2 aromatic rings. The maximum absolute atomic E-state index is 12.5. The molecule has 1 aliphatic heterocycles. The molecule has 7 heteroatoms. The number of carbonyl (C=O) groups is 1. The lowest BCUT2D eigenvalue weighted by atomic mass is 9.97. The average Bonchev–Trinajstić information content (AvgIpc) is 3.70. The second kappa shape index (κ2) is 12.3. The minimum Gasteiger partial charge on any atom is -0.444 e. The monoisotopic (exact) mass is 508 g/mol. The Morgan fingerprint density at radius 1 is 1.19 bits per heavy atom. The molecular formula is C30H41FN4O2. The van der Waals surface area contributed by atoms with Crippen LogP contribution in [0.1, 0.15) is 71.2 Å². The van der Waals surface area contributed by atoms with Gasteiger partial charge in [-0.25, -0.2) is 19.2 Å². The summed E-state index contributed by atoms with van der Waals surface area (Å²) in [7, 11) is 0. The first-order valence-electron chi connectivity index (χ1n) is 13.2. The zero-order chi connectivity index (χ0) is 27.2. The van der Waals surface area contributed by atoms with Gasteiger partial charge in [0, 0.05) is 31.2 Å². The van der Waals surface area contributed by atoms with Crippen molar-refractivity contribution in [3.05, 3.63) is 65.9 Å². The van der Waals surface area contributed by atoms with E-state index < -0.39 is 5.60 Å². The molecule has 2 aliphatic rings. The topological polar surface area (TPSA) is 58.6 Å². The Hall–Kier alpha value is -3.22. The number of carbonyl (C=O) groups excluding carboxylic acids is 1. The molecule has 0 bridgehead atoms. The van der Waals surface area contributed by atoms with Crippen molar-refractivity contribution >= 4 is 23.6 Å². The quantitative estimate of drug-likeness (QED) is 0.446. The maximum Gasteiger partial charge on any atom is 0.410 e. The number of nitrogens with zero attached hydrogens (tertiary/aromatic N) is 4. The zero-order valence-corrected chi connectivity index (χ0v) is 23.1. The van der Waals surface area contributed by atoms with Crippen LogP contribution in [-0.4, -0.2) is 52.2 Å². The number of aryl methyl sites for hydroxylation is 1. The molecule has 2 heterocycles. The van der Waals surface area contributed by atoms with Gasteiger partial charge in [-0.15, -0.1) is 0 Å². The largest absolute Gasteiger partial charge is 0.444 e. The molecule has 4 rings (SSSR count). The van der Waals surface area contributed by atoms with Crippen molar-refractivity contribution in [1.29, 1.82) is 0 Å². The lowest BCUT2D eigenvalue weighted by Crippen LogP contribution is -2.55. The van der Waals surface area contributed by atoms with Crippen LogP contribution in [0.15, 0.2) is 43.2 Å². The number of hydrogen-bond donors (Lipinski definition) is 0. The third kappa shape index (κ3) is 7.63. The lowest BCUT2D eigenvalue weighted by molar-refractivity contribution is 0.0218. The molecule has 200 valence electrons. The third-order valence-electron chi connectivity index (χ3n) is 6.51. The molecule has 2 fully saturated rings. The second-order valence-corrected chi connectivity index (χ2v) is 10.6. The van der Waals surface area contributed by atoms with Gasteiger partial charge in [0.2, 0.25) is 0 Å². The third-order valence-corrected chi connectivity index (χ3v) is 6.51. The molecule has 37 heavy (non-hydrogen) atoms. The molecule has 1 aromatic carbocycles. The Labute approximate surface area is 221 Å². The van der Waals surface area contributed by atoms with Crippen molar-refractivity contribution in [3.8, 4) is 0 Å². The Bertz CT molecular complexity index is 1100. The van der Waals surface area contributed by atoms with Crippen LogP contribution >= 0.6 is 0 Å². The predicted octanol–water partition coefficient (Wildman–Crippen LogP) is 6.77. The van der Waals surface area contributed by atoms with Crippen LogP contribution in [0, 0.1) is 11.7 Å².